The normalized spacial score (nSPS) is 20.7. The quantitative estimate of drug-likeness (QED) is 0.458. The number of rotatable bonds is 4. The van der Waals surface area contributed by atoms with Gasteiger partial charge in [0, 0.05) is 53.5 Å². The fourth-order valence-corrected chi connectivity index (χ4v) is 5.53. The minimum Gasteiger partial charge on any atom is -0.493 e. The molecule has 1 aliphatic carbocycles. The van der Waals surface area contributed by atoms with Crippen molar-refractivity contribution >= 4 is 17.2 Å². The number of nitro groups is 1. The van der Waals surface area contributed by atoms with Crippen molar-refractivity contribution in [2.75, 3.05) is 20.8 Å². The molecular weight excluding hydrogens is 432 g/mol. The Morgan fingerprint density at radius 2 is 1.74 bits per heavy atom. The monoisotopic (exact) mass is 460 g/mol. The number of nitro benzene ring substituents is 1. The number of carbonyl (C=O) groups excluding carboxylic acids is 1. The number of non-ortho nitro benzene ring substituents is 1. The van der Waals surface area contributed by atoms with Crippen molar-refractivity contribution in [3.63, 3.8) is 0 Å². The molecule has 0 bridgehead atoms. The average Bonchev–Trinajstić information content (AvgIpc) is 2.81. The van der Waals surface area contributed by atoms with Crippen LogP contribution in [0.5, 0.6) is 11.5 Å². The van der Waals surface area contributed by atoms with Crippen LogP contribution in [0.15, 0.2) is 53.7 Å². The van der Waals surface area contributed by atoms with Crippen molar-refractivity contribution in [3.05, 3.63) is 80.5 Å². The standard InChI is InChI=1S/C27H28N2O5/c1-27(2)14-22-26(23(30)15-27)20(16-5-7-18(8-6-16)29(31)32)12-21-19-13-25(34-4)24(33-3)11-17(19)9-10-28(21)22/h5-8,11-13,20H,9-10,14-15H2,1-4H3. The van der Waals surface area contributed by atoms with Gasteiger partial charge in [0.05, 0.1) is 19.1 Å². The van der Waals surface area contributed by atoms with E-state index in [1.54, 1.807) is 26.4 Å². The molecule has 0 saturated heterocycles. The first-order valence-corrected chi connectivity index (χ1v) is 11.5. The number of ketones is 1. The lowest BCUT2D eigenvalue weighted by atomic mass is 9.69. The summed E-state index contributed by atoms with van der Waals surface area (Å²) in [5, 5.41) is 11.2. The molecule has 176 valence electrons. The molecule has 7 heteroatoms. The number of hydrogen-bond donors (Lipinski definition) is 0. The highest BCUT2D eigenvalue weighted by Crippen LogP contribution is 2.51. The third-order valence-electron chi connectivity index (χ3n) is 7.10. The van der Waals surface area contributed by atoms with E-state index in [-0.39, 0.29) is 22.8 Å². The molecule has 5 rings (SSSR count). The minimum atomic E-state index is -0.402. The molecule has 2 aromatic carbocycles. The summed E-state index contributed by atoms with van der Waals surface area (Å²) in [6.07, 6.45) is 4.27. The van der Waals surface area contributed by atoms with Gasteiger partial charge in [0.25, 0.3) is 5.69 Å². The van der Waals surface area contributed by atoms with Gasteiger partial charge in [-0.2, -0.15) is 0 Å². The van der Waals surface area contributed by atoms with Crippen molar-refractivity contribution in [3.8, 4) is 11.5 Å². The van der Waals surface area contributed by atoms with Gasteiger partial charge in [0.1, 0.15) is 0 Å². The Hall–Kier alpha value is -3.61. The first-order chi connectivity index (χ1) is 16.2. The number of fused-ring (bicyclic) bond motifs is 4. The van der Waals surface area contributed by atoms with Crippen LogP contribution in [0, 0.1) is 15.5 Å². The molecule has 34 heavy (non-hydrogen) atoms. The zero-order valence-electron chi connectivity index (χ0n) is 19.9. The van der Waals surface area contributed by atoms with E-state index in [9.17, 15) is 14.9 Å². The van der Waals surface area contributed by atoms with Crippen molar-refractivity contribution in [2.24, 2.45) is 5.41 Å². The maximum atomic E-state index is 13.4. The summed E-state index contributed by atoms with van der Waals surface area (Å²) in [5.41, 5.74) is 5.98. The first-order valence-electron chi connectivity index (χ1n) is 11.5. The van der Waals surface area contributed by atoms with E-state index < -0.39 is 4.92 Å². The van der Waals surface area contributed by atoms with Gasteiger partial charge in [-0.1, -0.05) is 26.0 Å². The Bertz CT molecular complexity index is 1260. The van der Waals surface area contributed by atoms with Crippen LogP contribution < -0.4 is 9.47 Å². The Balaban J connectivity index is 1.69. The van der Waals surface area contributed by atoms with Gasteiger partial charge in [0.15, 0.2) is 17.3 Å². The molecule has 7 nitrogen and oxygen atoms in total. The van der Waals surface area contributed by atoms with Crippen LogP contribution in [0.4, 0.5) is 5.69 Å². The molecule has 1 atom stereocenters. The summed E-state index contributed by atoms with van der Waals surface area (Å²) < 4.78 is 11.1. The van der Waals surface area contributed by atoms with Gasteiger partial charge in [-0.05, 0) is 47.6 Å². The van der Waals surface area contributed by atoms with E-state index in [0.29, 0.717) is 17.9 Å². The molecule has 1 unspecified atom stereocenters. The molecule has 2 heterocycles. The fraction of sp³-hybridized carbons (Fsp3) is 0.370. The van der Waals surface area contributed by atoms with E-state index in [1.807, 2.05) is 12.1 Å². The Morgan fingerprint density at radius 1 is 1.06 bits per heavy atom. The Labute approximate surface area is 198 Å². The van der Waals surface area contributed by atoms with Crippen LogP contribution in [0.2, 0.25) is 0 Å². The van der Waals surface area contributed by atoms with Crippen LogP contribution in [0.1, 0.15) is 49.3 Å². The zero-order chi connectivity index (χ0) is 24.2. The smallest absolute Gasteiger partial charge is 0.269 e. The highest BCUT2D eigenvalue weighted by molar-refractivity contribution is 6.01. The van der Waals surface area contributed by atoms with Crippen LogP contribution in [-0.4, -0.2) is 36.4 Å². The topological polar surface area (TPSA) is 81.9 Å². The number of allylic oxidation sites excluding steroid dienone is 3. The number of benzene rings is 2. The van der Waals surface area contributed by atoms with Gasteiger partial charge in [0.2, 0.25) is 0 Å². The predicted molar refractivity (Wildman–Crippen MR) is 129 cm³/mol. The summed E-state index contributed by atoms with van der Waals surface area (Å²) in [5.74, 6) is 1.26. The first kappa shape index (κ1) is 22.2. The summed E-state index contributed by atoms with van der Waals surface area (Å²) in [6.45, 7) is 5.06. The molecule has 0 fully saturated rings. The van der Waals surface area contributed by atoms with E-state index in [0.717, 1.165) is 47.5 Å². The van der Waals surface area contributed by atoms with Gasteiger partial charge in [-0.3, -0.25) is 14.9 Å². The van der Waals surface area contributed by atoms with Gasteiger partial charge >= 0.3 is 0 Å². The number of carbonyl (C=O) groups is 1. The van der Waals surface area contributed by atoms with Crippen molar-refractivity contribution in [2.45, 2.75) is 39.0 Å². The SMILES string of the molecule is COc1cc2c(cc1OC)C1=CC(c3ccc([N+](=O)[O-])cc3)C3=C(CC(C)(C)CC3=O)N1CC2. The van der Waals surface area contributed by atoms with E-state index in [1.165, 1.54) is 17.7 Å². The molecule has 0 spiro atoms. The average molecular weight is 461 g/mol. The van der Waals surface area contributed by atoms with Crippen molar-refractivity contribution < 1.29 is 19.2 Å². The second-order valence-electron chi connectivity index (χ2n) is 9.95. The highest BCUT2D eigenvalue weighted by Gasteiger charge is 2.42. The van der Waals surface area contributed by atoms with Crippen LogP contribution >= 0.6 is 0 Å². The van der Waals surface area contributed by atoms with Crippen molar-refractivity contribution in [1.29, 1.82) is 0 Å². The molecule has 0 radical (unpaired) electrons. The Morgan fingerprint density at radius 3 is 2.38 bits per heavy atom. The van der Waals surface area contributed by atoms with Crippen LogP contribution in [0.25, 0.3) is 5.70 Å². The molecule has 0 amide bonds. The summed E-state index contributed by atoms with van der Waals surface area (Å²) in [4.78, 5) is 26.5. The number of nitrogens with zero attached hydrogens (tertiary/aromatic N) is 2. The molecule has 0 saturated carbocycles. The second-order valence-corrected chi connectivity index (χ2v) is 9.95. The predicted octanol–water partition coefficient (Wildman–Crippen LogP) is 5.25. The zero-order valence-corrected chi connectivity index (χ0v) is 19.9. The van der Waals surface area contributed by atoms with Crippen LogP contribution in [-0.2, 0) is 11.2 Å². The third-order valence-corrected chi connectivity index (χ3v) is 7.10. The van der Waals surface area contributed by atoms with E-state index in [4.69, 9.17) is 9.47 Å². The lowest BCUT2D eigenvalue weighted by molar-refractivity contribution is -0.384. The number of Topliss-reactive ketones (excluding diaryl/α,β-unsaturated/α-hetero) is 1. The third kappa shape index (κ3) is 3.56. The lowest BCUT2D eigenvalue weighted by Gasteiger charge is -2.46. The molecule has 2 aromatic rings. The molecule has 3 aliphatic rings. The van der Waals surface area contributed by atoms with Crippen LogP contribution in [0.3, 0.4) is 0 Å². The van der Waals surface area contributed by atoms with Gasteiger partial charge in [-0.15, -0.1) is 0 Å². The molecule has 2 aliphatic heterocycles. The summed E-state index contributed by atoms with van der Waals surface area (Å²) in [7, 11) is 3.26. The van der Waals surface area contributed by atoms with Gasteiger partial charge in [-0.25, -0.2) is 0 Å². The fourth-order valence-electron chi connectivity index (χ4n) is 5.53. The number of ether oxygens (including phenoxy) is 2. The maximum Gasteiger partial charge on any atom is 0.269 e. The van der Waals surface area contributed by atoms with E-state index in [2.05, 4.69) is 24.8 Å². The molecule has 0 N–H and O–H groups in total. The Kier molecular flexibility index (Phi) is 5.23. The van der Waals surface area contributed by atoms with E-state index >= 15 is 0 Å². The lowest BCUT2D eigenvalue weighted by Crippen LogP contribution is -2.40. The summed E-state index contributed by atoms with van der Waals surface area (Å²) in [6, 6.07) is 10.6. The maximum absolute atomic E-state index is 13.4. The van der Waals surface area contributed by atoms with Crippen molar-refractivity contribution in [1.82, 2.24) is 4.90 Å². The summed E-state index contributed by atoms with van der Waals surface area (Å²) >= 11 is 0. The molecule has 0 aromatic heterocycles. The minimum absolute atomic E-state index is 0.0407. The number of methoxy groups -OCH3 is 2. The number of hydrogen-bond acceptors (Lipinski definition) is 6. The van der Waals surface area contributed by atoms with Gasteiger partial charge < -0.3 is 14.4 Å². The largest absolute Gasteiger partial charge is 0.493 e. The molecular formula is C27H28N2O5. The highest BCUT2D eigenvalue weighted by atomic mass is 16.6. The second kappa shape index (κ2) is 8.01.